The Morgan fingerprint density at radius 1 is 1.20 bits per heavy atom. The van der Waals surface area contributed by atoms with Crippen molar-refractivity contribution >= 4 is 27.3 Å². The van der Waals surface area contributed by atoms with Crippen LogP contribution >= 0.6 is 11.3 Å². The van der Waals surface area contributed by atoms with Crippen LogP contribution in [0, 0.1) is 12.8 Å². The molecule has 1 amide bonds. The Hall–Kier alpha value is -1.70. The molecule has 1 N–H and O–H groups in total. The molecule has 0 unspecified atom stereocenters. The summed E-state index contributed by atoms with van der Waals surface area (Å²) in [6, 6.07) is 10.6. The molecule has 1 fully saturated rings. The number of sulfonamides is 1. The molecular weight excluding hydrogens is 356 g/mol. The number of aryl methyl sites for hydroxylation is 1. The van der Waals surface area contributed by atoms with Crippen LogP contribution < -0.4 is 5.32 Å². The van der Waals surface area contributed by atoms with Crippen molar-refractivity contribution in [1.29, 1.82) is 0 Å². The summed E-state index contributed by atoms with van der Waals surface area (Å²) in [5.41, 5.74) is 1.04. The molecule has 0 radical (unpaired) electrons. The molecule has 1 aromatic carbocycles. The van der Waals surface area contributed by atoms with E-state index in [4.69, 9.17) is 0 Å². The van der Waals surface area contributed by atoms with Crippen LogP contribution in [0.4, 0.5) is 0 Å². The second-order valence-electron chi connectivity index (χ2n) is 6.35. The fraction of sp³-hybridized carbons (Fsp3) is 0.389. The highest BCUT2D eigenvalue weighted by Crippen LogP contribution is 2.24. The van der Waals surface area contributed by atoms with Gasteiger partial charge >= 0.3 is 0 Å². The number of carbonyl (C=O) groups excluding carboxylic acids is 1. The average Bonchev–Trinajstić information content (AvgIpc) is 3.15. The van der Waals surface area contributed by atoms with Gasteiger partial charge in [0.1, 0.15) is 0 Å². The van der Waals surface area contributed by atoms with Crippen LogP contribution in [-0.2, 0) is 10.0 Å². The maximum Gasteiger partial charge on any atom is 0.261 e. The monoisotopic (exact) mass is 378 g/mol. The van der Waals surface area contributed by atoms with Crippen LogP contribution in [0.15, 0.2) is 46.7 Å². The summed E-state index contributed by atoms with van der Waals surface area (Å²) in [7, 11) is -3.42. The van der Waals surface area contributed by atoms with Gasteiger partial charge in [0.25, 0.3) is 5.91 Å². The molecule has 2 heterocycles. The first-order valence-corrected chi connectivity index (χ1v) is 10.7. The molecule has 25 heavy (non-hydrogen) atoms. The van der Waals surface area contributed by atoms with E-state index in [9.17, 15) is 13.2 Å². The Morgan fingerprint density at radius 2 is 1.88 bits per heavy atom. The summed E-state index contributed by atoms with van der Waals surface area (Å²) >= 11 is 1.42. The first-order chi connectivity index (χ1) is 12.0. The largest absolute Gasteiger partial charge is 0.351 e. The van der Waals surface area contributed by atoms with E-state index in [1.54, 1.807) is 22.5 Å². The normalized spacial score (nSPS) is 16.7. The van der Waals surface area contributed by atoms with E-state index in [0.717, 1.165) is 18.4 Å². The first-order valence-electron chi connectivity index (χ1n) is 8.35. The zero-order chi connectivity index (χ0) is 17.9. The van der Waals surface area contributed by atoms with E-state index in [1.165, 1.54) is 11.3 Å². The van der Waals surface area contributed by atoms with Crippen LogP contribution in [0.2, 0.25) is 0 Å². The zero-order valence-electron chi connectivity index (χ0n) is 14.1. The maximum atomic E-state index is 12.7. The predicted molar refractivity (Wildman–Crippen MR) is 99.3 cm³/mol. The number of nitrogens with one attached hydrogen (secondary N) is 1. The van der Waals surface area contributed by atoms with E-state index in [-0.39, 0.29) is 5.91 Å². The van der Waals surface area contributed by atoms with Gasteiger partial charge < -0.3 is 5.32 Å². The minimum Gasteiger partial charge on any atom is -0.351 e. The molecule has 0 saturated carbocycles. The van der Waals surface area contributed by atoms with Gasteiger partial charge in [0.05, 0.1) is 9.77 Å². The fourth-order valence-electron chi connectivity index (χ4n) is 2.94. The molecule has 3 rings (SSSR count). The molecule has 2 aromatic rings. The van der Waals surface area contributed by atoms with Gasteiger partial charge in [-0.1, -0.05) is 23.8 Å². The van der Waals surface area contributed by atoms with Gasteiger partial charge in [-0.3, -0.25) is 4.79 Å². The molecule has 0 atom stereocenters. The fourth-order valence-corrected chi connectivity index (χ4v) is 5.05. The number of carbonyl (C=O) groups is 1. The van der Waals surface area contributed by atoms with Crippen molar-refractivity contribution in [1.82, 2.24) is 9.62 Å². The topological polar surface area (TPSA) is 66.5 Å². The molecule has 0 spiro atoms. The molecule has 7 heteroatoms. The van der Waals surface area contributed by atoms with Crippen molar-refractivity contribution in [2.75, 3.05) is 19.6 Å². The number of hydrogen-bond donors (Lipinski definition) is 1. The van der Waals surface area contributed by atoms with Crippen molar-refractivity contribution in [3.63, 3.8) is 0 Å². The van der Waals surface area contributed by atoms with E-state index in [0.29, 0.717) is 35.3 Å². The lowest BCUT2D eigenvalue weighted by Gasteiger charge is -2.31. The summed E-state index contributed by atoms with van der Waals surface area (Å²) in [5.74, 6) is 0.262. The summed E-state index contributed by atoms with van der Waals surface area (Å²) in [4.78, 5) is 13.0. The molecule has 1 aliphatic heterocycles. The van der Waals surface area contributed by atoms with Crippen LogP contribution in [-0.4, -0.2) is 38.3 Å². The molecule has 5 nitrogen and oxygen atoms in total. The summed E-state index contributed by atoms with van der Waals surface area (Å²) < 4.78 is 26.9. The lowest BCUT2D eigenvalue weighted by Crippen LogP contribution is -2.41. The Labute approximate surface area is 152 Å². The lowest BCUT2D eigenvalue weighted by atomic mass is 9.98. The van der Waals surface area contributed by atoms with Crippen molar-refractivity contribution < 1.29 is 13.2 Å². The smallest absolute Gasteiger partial charge is 0.261 e. The van der Waals surface area contributed by atoms with Gasteiger partial charge in [0.2, 0.25) is 10.0 Å². The lowest BCUT2D eigenvalue weighted by molar-refractivity contribution is 0.0945. The second kappa shape index (κ2) is 7.68. The predicted octanol–water partition coefficient (Wildman–Crippen LogP) is 2.89. The minimum atomic E-state index is -3.42. The second-order valence-corrected chi connectivity index (χ2v) is 9.23. The Kier molecular flexibility index (Phi) is 5.56. The number of nitrogens with zero attached hydrogens (tertiary/aromatic N) is 1. The Morgan fingerprint density at radius 3 is 2.48 bits per heavy atom. The van der Waals surface area contributed by atoms with Gasteiger partial charge in [0, 0.05) is 19.6 Å². The van der Waals surface area contributed by atoms with Crippen molar-refractivity contribution in [3.8, 4) is 0 Å². The molecule has 1 saturated heterocycles. The van der Waals surface area contributed by atoms with Crippen LogP contribution in [0.5, 0.6) is 0 Å². The molecule has 134 valence electrons. The number of hydrogen-bond acceptors (Lipinski definition) is 4. The SMILES string of the molecule is Cc1ccc(S(=O)(=O)N2CCC(CNC(=O)c3cccs3)CC2)cc1. The summed E-state index contributed by atoms with van der Waals surface area (Å²) in [6.45, 7) is 3.52. The number of rotatable bonds is 5. The third-order valence-corrected chi connectivity index (χ3v) is 7.31. The summed E-state index contributed by atoms with van der Waals surface area (Å²) in [5, 5.41) is 4.83. The third-order valence-electron chi connectivity index (χ3n) is 4.53. The van der Waals surface area contributed by atoms with E-state index >= 15 is 0 Å². The molecular formula is C18H22N2O3S2. The van der Waals surface area contributed by atoms with Crippen molar-refractivity contribution in [3.05, 3.63) is 52.2 Å². The van der Waals surface area contributed by atoms with E-state index < -0.39 is 10.0 Å². The Bertz CT molecular complexity index is 807. The van der Waals surface area contributed by atoms with Gasteiger partial charge in [-0.15, -0.1) is 11.3 Å². The average molecular weight is 379 g/mol. The van der Waals surface area contributed by atoms with Crippen LogP contribution in [0.25, 0.3) is 0 Å². The maximum absolute atomic E-state index is 12.7. The van der Waals surface area contributed by atoms with Crippen molar-refractivity contribution in [2.24, 2.45) is 5.92 Å². The van der Waals surface area contributed by atoms with Gasteiger partial charge in [-0.25, -0.2) is 8.42 Å². The van der Waals surface area contributed by atoms with Gasteiger partial charge in [0.15, 0.2) is 0 Å². The number of thiophene rings is 1. The van der Waals surface area contributed by atoms with Gasteiger partial charge in [-0.2, -0.15) is 4.31 Å². The highest BCUT2D eigenvalue weighted by molar-refractivity contribution is 7.89. The number of piperidine rings is 1. The van der Waals surface area contributed by atoms with Crippen LogP contribution in [0.1, 0.15) is 28.1 Å². The number of amides is 1. The summed E-state index contributed by atoms with van der Waals surface area (Å²) in [6.07, 6.45) is 1.52. The van der Waals surface area contributed by atoms with E-state index in [2.05, 4.69) is 5.32 Å². The minimum absolute atomic E-state index is 0.0512. The zero-order valence-corrected chi connectivity index (χ0v) is 15.8. The van der Waals surface area contributed by atoms with Crippen LogP contribution in [0.3, 0.4) is 0 Å². The highest BCUT2D eigenvalue weighted by Gasteiger charge is 2.29. The first kappa shape index (κ1) is 18.1. The molecule has 0 bridgehead atoms. The van der Waals surface area contributed by atoms with Gasteiger partial charge in [-0.05, 0) is 49.3 Å². The molecule has 0 aliphatic carbocycles. The Balaban J connectivity index is 1.53. The van der Waals surface area contributed by atoms with E-state index in [1.807, 2.05) is 30.5 Å². The van der Waals surface area contributed by atoms with Crippen molar-refractivity contribution in [2.45, 2.75) is 24.7 Å². The molecule has 1 aliphatic rings. The number of benzene rings is 1. The standard InChI is InChI=1S/C18H22N2O3S2/c1-14-4-6-16(7-5-14)25(22,23)20-10-8-15(9-11-20)13-19-18(21)17-3-2-12-24-17/h2-7,12,15H,8-11,13H2,1H3,(H,19,21). The highest BCUT2D eigenvalue weighted by atomic mass is 32.2. The third kappa shape index (κ3) is 4.29. The quantitative estimate of drug-likeness (QED) is 0.870. The molecule has 1 aromatic heterocycles.